The van der Waals surface area contributed by atoms with Gasteiger partial charge in [-0.1, -0.05) is 28.1 Å². The molecular weight excluding hydrogens is 320 g/mol. The second kappa shape index (κ2) is 6.67. The third kappa shape index (κ3) is 3.68. The Morgan fingerprint density at radius 2 is 2.35 bits per heavy atom. The Morgan fingerprint density at radius 3 is 3.05 bits per heavy atom. The van der Waals surface area contributed by atoms with E-state index in [0.717, 1.165) is 10.0 Å². The van der Waals surface area contributed by atoms with E-state index in [9.17, 15) is 4.79 Å². The number of carbonyl (C=O) groups excluding carboxylic acids is 1. The number of amides is 1. The molecule has 0 bridgehead atoms. The molecule has 0 saturated carbocycles. The minimum absolute atomic E-state index is 0.0836. The van der Waals surface area contributed by atoms with Gasteiger partial charge in [-0.25, -0.2) is 4.98 Å². The van der Waals surface area contributed by atoms with Crippen LogP contribution in [0.5, 0.6) is 0 Å². The fourth-order valence-corrected chi connectivity index (χ4v) is 2.30. The van der Waals surface area contributed by atoms with Crippen LogP contribution in [0.25, 0.3) is 0 Å². The van der Waals surface area contributed by atoms with Crippen molar-refractivity contribution in [2.75, 3.05) is 6.54 Å². The maximum absolute atomic E-state index is 12.1. The molecule has 0 unspecified atom stereocenters. The van der Waals surface area contributed by atoms with Gasteiger partial charge in [0.05, 0.1) is 12.4 Å². The zero-order valence-electron chi connectivity index (χ0n) is 11.2. The molecule has 1 atom stereocenters. The van der Waals surface area contributed by atoms with Crippen molar-refractivity contribution in [1.82, 2.24) is 14.9 Å². The van der Waals surface area contributed by atoms with Crippen LogP contribution < -0.4 is 11.1 Å². The molecule has 2 aromatic rings. The lowest BCUT2D eigenvalue weighted by Crippen LogP contribution is -2.27. The summed E-state index contributed by atoms with van der Waals surface area (Å²) in [4.78, 5) is 16.2. The van der Waals surface area contributed by atoms with Crippen molar-refractivity contribution in [2.45, 2.75) is 19.5 Å². The molecule has 106 valence electrons. The van der Waals surface area contributed by atoms with Gasteiger partial charge in [0.15, 0.2) is 0 Å². The number of halogens is 1. The molecule has 0 radical (unpaired) electrons. The van der Waals surface area contributed by atoms with Crippen LogP contribution in [0.4, 0.5) is 0 Å². The first-order chi connectivity index (χ1) is 9.60. The minimum Gasteiger partial charge on any atom is -0.344 e. The monoisotopic (exact) mass is 336 g/mol. The van der Waals surface area contributed by atoms with Gasteiger partial charge in [0.1, 0.15) is 5.69 Å². The van der Waals surface area contributed by atoms with Crippen molar-refractivity contribution in [2.24, 2.45) is 5.73 Å². The fraction of sp³-hybridized carbons (Fsp3) is 0.286. The topological polar surface area (TPSA) is 72.9 Å². The number of hydrogen-bond donors (Lipinski definition) is 2. The highest BCUT2D eigenvalue weighted by Crippen LogP contribution is 2.18. The van der Waals surface area contributed by atoms with Crippen molar-refractivity contribution in [3.05, 3.63) is 52.5 Å². The molecule has 1 amide bonds. The van der Waals surface area contributed by atoms with E-state index in [-0.39, 0.29) is 11.9 Å². The van der Waals surface area contributed by atoms with Crippen LogP contribution in [-0.2, 0) is 6.54 Å². The van der Waals surface area contributed by atoms with E-state index in [0.29, 0.717) is 18.8 Å². The van der Waals surface area contributed by atoms with E-state index in [4.69, 9.17) is 5.73 Å². The summed E-state index contributed by atoms with van der Waals surface area (Å²) in [5.74, 6) is -0.187. The third-order valence-corrected chi connectivity index (χ3v) is 3.44. The summed E-state index contributed by atoms with van der Waals surface area (Å²) in [6.07, 6.45) is 3.32. The highest BCUT2D eigenvalue weighted by atomic mass is 79.9. The van der Waals surface area contributed by atoms with Crippen molar-refractivity contribution in [3.8, 4) is 0 Å². The molecule has 2 rings (SSSR count). The van der Waals surface area contributed by atoms with Gasteiger partial charge >= 0.3 is 0 Å². The average Bonchev–Trinajstić information content (AvgIpc) is 2.88. The molecule has 1 aromatic carbocycles. The Kier molecular flexibility index (Phi) is 4.92. The quantitative estimate of drug-likeness (QED) is 0.878. The number of nitrogens with two attached hydrogens (primary N) is 1. The van der Waals surface area contributed by atoms with Gasteiger partial charge < -0.3 is 15.6 Å². The Morgan fingerprint density at radius 1 is 1.55 bits per heavy atom. The van der Waals surface area contributed by atoms with Crippen molar-refractivity contribution < 1.29 is 4.79 Å². The first-order valence-corrected chi connectivity index (χ1v) is 7.17. The first kappa shape index (κ1) is 14.7. The molecule has 0 fully saturated rings. The van der Waals surface area contributed by atoms with E-state index in [2.05, 4.69) is 26.2 Å². The maximum atomic E-state index is 12.1. The van der Waals surface area contributed by atoms with Gasteiger partial charge in [0.2, 0.25) is 0 Å². The van der Waals surface area contributed by atoms with Gasteiger partial charge in [-0.3, -0.25) is 4.79 Å². The van der Waals surface area contributed by atoms with E-state index < -0.39 is 0 Å². The normalized spacial score (nSPS) is 12.2. The molecule has 0 spiro atoms. The Hall–Kier alpha value is -1.66. The lowest BCUT2D eigenvalue weighted by atomic mass is 10.1. The third-order valence-electron chi connectivity index (χ3n) is 2.95. The minimum atomic E-state index is -0.187. The molecule has 1 heterocycles. The molecule has 3 N–H and O–H groups in total. The van der Waals surface area contributed by atoms with Crippen LogP contribution in [0.1, 0.15) is 29.0 Å². The SMILES string of the molecule is C[C@@H](NC(=O)c1cn(CCN)cn1)c1cccc(Br)c1. The largest absolute Gasteiger partial charge is 0.344 e. The molecule has 5 nitrogen and oxygen atoms in total. The zero-order valence-corrected chi connectivity index (χ0v) is 12.8. The number of carbonyl (C=O) groups is 1. The lowest BCUT2D eigenvalue weighted by molar-refractivity contribution is 0.0935. The van der Waals surface area contributed by atoms with Crippen LogP contribution in [-0.4, -0.2) is 22.0 Å². The first-order valence-electron chi connectivity index (χ1n) is 6.38. The smallest absolute Gasteiger partial charge is 0.271 e. The zero-order chi connectivity index (χ0) is 14.5. The van der Waals surface area contributed by atoms with Crippen LogP contribution in [0.3, 0.4) is 0 Å². The number of imidazole rings is 1. The summed E-state index contributed by atoms with van der Waals surface area (Å²) in [7, 11) is 0. The Bertz CT molecular complexity index is 596. The molecule has 0 saturated heterocycles. The summed E-state index contributed by atoms with van der Waals surface area (Å²) in [5.41, 5.74) is 6.90. The summed E-state index contributed by atoms with van der Waals surface area (Å²) in [6, 6.07) is 7.77. The second-order valence-corrected chi connectivity index (χ2v) is 5.45. The van der Waals surface area contributed by atoms with E-state index in [1.165, 1.54) is 0 Å². The number of nitrogens with zero attached hydrogens (tertiary/aromatic N) is 2. The number of hydrogen-bond acceptors (Lipinski definition) is 3. The average molecular weight is 337 g/mol. The molecule has 1 aromatic heterocycles. The molecule has 0 aliphatic rings. The summed E-state index contributed by atoms with van der Waals surface area (Å²) < 4.78 is 2.79. The van der Waals surface area contributed by atoms with Gasteiger partial charge in [-0.05, 0) is 24.6 Å². The standard InChI is InChI=1S/C14H17BrN4O/c1-10(11-3-2-4-12(15)7-11)18-14(20)13-8-19(6-5-16)9-17-13/h2-4,7-10H,5-6,16H2,1H3,(H,18,20)/t10-/m1/s1. The van der Waals surface area contributed by atoms with Crippen LogP contribution in [0.2, 0.25) is 0 Å². The van der Waals surface area contributed by atoms with Crippen LogP contribution in [0.15, 0.2) is 41.3 Å². The highest BCUT2D eigenvalue weighted by molar-refractivity contribution is 9.10. The van der Waals surface area contributed by atoms with Gasteiger partial charge in [0.25, 0.3) is 5.91 Å². The van der Waals surface area contributed by atoms with Crippen molar-refractivity contribution >= 4 is 21.8 Å². The van der Waals surface area contributed by atoms with E-state index >= 15 is 0 Å². The molecular formula is C14H17BrN4O. The molecule has 20 heavy (non-hydrogen) atoms. The molecule has 0 aliphatic carbocycles. The number of rotatable bonds is 5. The Balaban J connectivity index is 2.03. The molecule has 6 heteroatoms. The van der Waals surface area contributed by atoms with Gasteiger partial charge in [-0.15, -0.1) is 0 Å². The van der Waals surface area contributed by atoms with E-state index in [1.54, 1.807) is 17.1 Å². The molecule has 0 aliphatic heterocycles. The van der Waals surface area contributed by atoms with Gasteiger partial charge in [0, 0.05) is 23.8 Å². The summed E-state index contributed by atoms with van der Waals surface area (Å²) in [6.45, 7) is 3.11. The van der Waals surface area contributed by atoms with Crippen molar-refractivity contribution in [3.63, 3.8) is 0 Å². The van der Waals surface area contributed by atoms with Crippen LogP contribution >= 0.6 is 15.9 Å². The predicted octanol–water partition coefficient (Wildman–Crippen LogP) is 2.10. The summed E-state index contributed by atoms with van der Waals surface area (Å²) in [5, 5.41) is 2.93. The van der Waals surface area contributed by atoms with E-state index in [1.807, 2.05) is 31.2 Å². The Labute approximate surface area is 126 Å². The fourth-order valence-electron chi connectivity index (χ4n) is 1.88. The number of aromatic nitrogens is 2. The van der Waals surface area contributed by atoms with Crippen molar-refractivity contribution in [1.29, 1.82) is 0 Å². The maximum Gasteiger partial charge on any atom is 0.271 e. The van der Waals surface area contributed by atoms with Gasteiger partial charge in [-0.2, -0.15) is 0 Å². The second-order valence-electron chi connectivity index (χ2n) is 4.54. The highest BCUT2D eigenvalue weighted by Gasteiger charge is 2.13. The van der Waals surface area contributed by atoms with Crippen LogP contribution in [0, 0.1) is 0 Å². The number of benzene rings is 1. The predicted molar refractivity (Wildman–Crippen MR) is 81.3 cm³/mol. The lowest BCUT2D eigenvalue weighted by Gasteiger charge is -2.13. The summed E-state index contributed by atoms with van der Waals surface area (Å²) >= 11 is 3.42. The number of nitrogens with one attached hydrogen (secondary N) is 1.